The lowest BCUT2D eigenvalue weighted by Gasteiger charge is -2.26. The van der Waals surface area contributed by atoms with Crippen LogP contribution in [-0.4, -0.2) is 31.5 Å². The minimum atomic E-state index is -3.36. The van der Waals surface area contributed by atoms with Crippen LogP contribution < -0.4 is 0 Å². The molecule has 0 spiro atoms. The van der Waals surface area contributed by atoms with Crippen molar-refractivity contribution in [3.63, 3.8) is 0 Å². The molecule has 140 valence electrons. The Kier molecular flexibility index (Phi) is 6.37. The highest BCUT2D eigenvalue weighted by Crippen LogP contribution is 2.30. The van der Waals surface area contributed by atoms with Crippen molar-refractivity contribution >= 4 is 38.9 Å². The molecule has 0 saturated heterocycles. The van der Waals surface area contributed by atoms with Crippen LogP contribution >= 0.6 is 23.2 Å². The zero-order chi connectivity index (χ0) is 19.6. The average Bonchev–Trinajstić information content (AvgIpc) is 2.60. The number of nitrogens with zero attached hydrogens (tertiary/aromatic N) is 1. The monoisotopic (exact) mass is 413 g/mol. The van der Waals surface area contributed by atoms with Gasteiger partial charge in [0.25, 0.3) is 5.91 Å². The van der Waals surface area contributed by atoms with Gasteiger partial charge in [0.15, 0.2) is 9.84 Å². The van der Waals surface area contributed by atoms with Gasteiger partial charge in [-0.25, -0.2) is 8.42 Å². The molecular formula is C19H21Cl2NO3S. The van der Waals surface area contributed by atoms with Gasteiger partial charge in [-0.15, -0.1) is 0 Å². The van der Waals surface area contributed by atoms with Gasteiger partial charge in [-0.1, -0.05) is 29.3 Å². The highest BCUT2D eigenvalue weighted by Gasteiger charge is 2.23. The Morgan fingerprint density at radius 1 is 1.00 bits per heavy atom. The van der Waals surface area contributed by atoms with E-state index in [0.29, 0.717) is 15.6 Å². The molecule has 0 aliphatic rings. The summed E-state index contributed by atoms with van der Waals surface area (Å²) in [5.41, 5.74) is 1.19. The lowest BCUT2D eigenvalue weighted by Crippen LogP contribution is -2.29. The van der Waals surface area contributed by atoms with Crippen molar-refractivity contribution in [2.75, 3.05) is 7.05 Å². The predicted octanol–water partition coefficient (Wildman–Crippen LogP) is 5.01. The molecule has 4 nitrogen and oxygen atoms in total. The Morgan fingerprint density at radius 2 is 1.58 bits per heavy atom. The zero-order valence-electron chi connectivity index (χ0n) is 15.0. The zero-order valence-corrected chi connectivity index (χ0v) is 17.4. The van der Waals surface area contributed by atoms with Crippen LogP contribution in [0.2, 0.25) is 10.0 Å². The molecule has 0 radical (unpaired) electrons. The van der Waals surface area contributed by atoms with Crippen LogP contribution in [0.25, 0.3) is 0 Å². The molecule has 1 amide bonds. The number of rotatable bonds is 5. The SMILES string of the molecule is CC(c1ccc(Cl)cc1Cl)N(C)C(=O)c1ccc(S(=O)(=O)C(C)C)cc1. The van der Waals surface area contributed by atoms with Crippen LogP contribution in [0.1, 0.15) is 42.7 Å². The van der Waals surface area contributed by atoms with Gasteiger partial charge in [-0.05, 0) is 62.7 Å². The Balaban J connectivity index is 2.25. The van der Waals surface area contributed by atoms with Crippen molar-refractivity contribution < 1.29 is 13.2 Å². The number of carbonyl (C=O) groups is 1. The van der Waals surface area contributed by atoms with Gasteiger partial charge >= 0.3 is 0 Å². The lowest BCUT2D eigenvalue weighted by molar-refractivity contribution is 0.0742. The average molecular weight is 414 g/mol. The van der Waals surface area contributed by atoms with Gasteiger partial charge in [-0.2, -0.15) is 0 Å². The van der Waals surface area contributed by atoms with Crippen LogP contribution in [0.5, 0.6) is 0 Å². The molecule has 0 fully saturated rings. The quantitative estimate of drug-likeness (QED) is 0.691. The summed E-state index contributed by atoms with van der Waals surface area (Å²) in [7, 11) is -1.69. The number of halogens is 2. The lowest BCUT2D eigenvalue weighted by atomic mass is 10.1. The molecule has 0 saturated carbocycles. The second-order valence-electron chi connectivity index (χ2n) is 6.38. The molecule has 26 heavy (non-hydrogen) atoms. The van der Waals surface area contributed by atoms with E-state index in [-0.39, 0.29) is 16.8 Å². The van der Waals surface area contributed by atoms with Gasteiger partial charge in [0.1, 0.15) is 0 Å². The summed E-state index contributed by atoms with van der Waals surface area (Å²) in [6.45, 7) is 5.12. The fourth-order valence-corrected chi connectivity index (χ4v) is 4.11. The maximum Gasteiger partial charge on any atom is 0.254 e. The summed E-state index contributed by atoms with van der Waals surface area (Å²) in [6, 6.07) is 10.9. The van der Waals surface area contributed by atoms with E-state index >= 15 is 0 Å². The summed E-state index contributed by atoms with van der Waals surface area (Å²) in [4.78, 5) is 14.5. The molecule has 0 aliphatic carbocycles. The van der Waals surface area contributed by atoms with Gasteiger partial charge in [0, 0.05) is 22.7 Å². The summed E-state index contributed by atoms with van der Waals surface area (Å²) in [6.07, 6.45) is 0. The third-order valence-electron chi connectivity index (χ3n) is 4.36. The number of benzene rings is 2. The maximum absolute atomic E-state index is 12.7. The van der Waals surface area contributed by atoms with Crippen molar-refractivity contribution in [3.8, 4) is 0 Å². The van der Waals surface area contributed by atoms with Crippen molar-refractivity contribution in [1.29, 1.82) is 0 Å². The van der Waals surface area contributed by atoms with Gasteiger partial charge < -0.3 is 4.90 Å². The van der Waals surface area contributed by atoms with Gasteiger partial charge in [-0.3, -0.25) is 4.79 Å². The van der Waals surface area contributed by atoms with E-state index in [1.807, 2.05) is 6.92 Å². The van der Waals surface area contributed by atoms with E-state index < -0.39 is 15.1 Å². The summed E-state index contributed by atoms with van der Waals surface area (Å²) >= 11 is 12.1. The van der Waals surface area contributed by atoms with Gasteiger partial charge in [0.05, 0.1) is 16.2 Å². The largest absolute Gasteiger partial charge is 0.335 e. The van der Waals surface area contributed by atoms with Crippen molar-refractivity contribution in [1.82, 2.24) is 4.90 Å². The molecule has 1 unspecified atom stereocenters. The summed E-state index contributed by atoms with van der Waals surface area (Å²) in [5, 5.41) is 0.503. The highest BCUT2D eigenvalue weighted by molar-refractivity contribution is 7.92. The first kappa shape index (κ1) is 20.7. The van der Waals surface area contributed by atoms with Crippen LogP contribution in [0.3, 0.4) is 0 Å². The smallest absolute Gasteiger partial charge is 0.254 e. The molecule has 2 rings (SSSR count). The molecule has 0 N–H and O–H groups in total. The van der Waals surface area contributed by atoms with E-state index in [1.54, 1.807) is 44.0 Å². The molecule has 1 atom stereocenters. The molecule has 0 bridgehead atoms. The molecular weight excluding hydrogens is 393 g/mol. The molecule has 2 aromatic rings. The molecule has 0 heterocycles. The molecule has 2 aromatic carbocycles. The number of hydrogen-bond donors (Lipinski definition) is 0. The first-order valence-corrected chi connectivity index (χ1v) is 10.4. The highest BCUT2D eigenvalue weighted by atomic mass is 35.5. The first-order valence-electron chi connectivity index (χ1n) is 8.11. The fraction of sp³-hybridized carbons (Fsp3) is 0.316. The second-order valence-corrected chi connectivity index (χ2v) is 9.72. The van der Waals surface area contributed by atoms with Crippen LogP contribution in [-0.2, 0) is 9.84 Å². The van der Waals surface area contributed by atoms with Crippen LogP contribution in [0, 0.1) is 0 Å². The third-order valence-corrected chi connectivity index (χ3v) is 7.10. The number of hydrogen-bond acceptors (Lipinski definition) is 3. The van der Waals surface area contributed by atoms with Crippen molar-refractivity contribution in [2.45, 2.75) is 37.0 Å². The Morgan fingerprint density at radius 3 is 2.08 bits per heavy atom. The number of carbonyl (C=O) groups excluding carboxylic acids is 1. The van der Waals surface area contributed by atoms with Crippen molar-refractivity contribution in [2.24, 2.45) is 0 Å². The normalized spacial score (nSPS) is 12.9. The molecule has 0 aliphatic heterocycles. The molecule has 0 aromatic heterocycles. The summed E-state index contributed by atoms with van der Waals surface area (Å²) < 4.78 is 24.4. The topological polar surface area (TPSA) is 54.5 Å². The fourth-order valence-electron chi connectivity index (χ4n) is 2.49. The summed E-state index contributed by atoms with van der Waals surface area (Å²) in [5.74, 6) is -0.225. The predicted molar refractivity (Wildman–Crippen MR) is 106 cm³/mol. The third kappa shape index (κ3) is 4.22. The van der Waals surface area contributed by atoms with Crippen molar-refractivity contribution in [3.05, 3.63) is 63.6 Å². The maximum atomic E-state index is 12.7. The van der Waals surface area contributed by atoms with E-state index in [0.717, 1.165) is 5.56 Å². The minimum absolute atomic E-state index is 0.209. The first-order chi connectivity index (χ1) is 12.1. The Hall–Kier alpha value is -1.56. The standard InChI is InChI=1S/C19H21Cl2NO3S/c1-12(2)26(24,25)16-8-5-14(6-9-16)19(23)22(4)13(3)17-10-7-15(20)11-18(17)21/h5-13H,1-4H3. The van der Waals surface area contributed by atoms with Crippen LogP contribution in [0.15, 0.2) is 47.4 Å². The molecule has 7 heteroatoms. The Bertz CT molecular complexity index is 909. The minimum Gasteiger partial charge on any atom is -0.335 e. The van der Waals surface area contributed by atoms with E-state index in [2.05, 4.69) is 0 Å². The van der Waals surface area contributed by atoms with Gasteiger partial charge in [0.2, 0.25) is 0 Å². The number of sulfone groups is 1. The second kappa shape index (κ2) is 7.99. The van der Waals surface area contributed by atoms with E-state index in [9.17, 15) is 13.2 Å². The van der Waals surface area contributed by atoms with E-state index in [1.165, 1.54) is 24.3 Å². The number of amides is 1. The van der Waals surface area contributed by atoms with Crippen LogP contribution in [0.4, 0.5) is 0 Å². The Labute approximate surface area is 164 Å². The van der Waals surface area contributed by atoms with E-state index in [4.69, 9.17) is 23.2 Å².